The van der Waals surface area contributed by atoms with Crippen molar-refractivity contribution in [2.45, 2.75) is 116 Å². The van der Waals surface area contributed by atoms with Gasteiger partial charge in [-0.15, -0.1) is 0 Å². The van der Waals surface area contributed by atoms with Gasteiger partial charge in [0.05, 0.1) is 17.2 Å². The summed E-state index contributed by atoms with van der Waals surface area (Å²) in [7, 11) is 0. The molecule has 0 bridgehead atoms. The van der Waals surface area contributed by atoms with Crippen LogP contribution in [0.5, 0.6) is 0 Å². The Bertz CT molecular complexity index is 1430. The molecule has 0 unspecified atom stereocenters. The van der Waals surface area contributed by atoms with E-state index in [1.807, 2.05) is 6.92 Å². The van der Waals surface area contributed by atoms with Crippen LogP contribution >= 0.6 is 0 Å². The van der Waals surface area contributed by atoms with Gasteiger partial charge < -0.3 is 9.47 Å². The molecule has 0 aliphatic rings. The normalized spacial score (nSPS) is 12.9. The number of halogens is 5. The number of benzene rings is 3. The van der Waals surface area contributed by atoms with Gasteiger partial charge in [0, 0.05) is 0 Å². The Morgan fingerprint density at radius 1 is 0.596 bits per heavy atom. The van der Waals surface area contributed by atoms with Gasteiger partial charge >= 0.3 is 18.1 Å². The zero-order valence-corrected chi connectivity index (χ0v) is 27.4. The molecule has 0 radical (unpaired) electrons. The molecule has 2 atom stereocenters. The fourth-order valence-corrected chi connectivity index (χ4v) is 5.33. The Morgan fingerprint density at radius 3 is 1.43 bits per heavy atom. The molecule has 0 aromatic heterocycles. The first kappa shape index (κ1) is 37.7. The molecule has 4 nitrogen and oxygen atoms in total. The summed E-state index contributed by atoms with van der Waals surface area (Å²) in [4.78, 5) is 25.1. The van der Waals surface area contributed by atoms with Gasteiger partial charge in [-0.3, -0.25) is 0 Å². The van der Waals surface area contributed by atoms with Gasteiger partial charge in [-0.2, -0.15) is 13.2 Å². The first-order valence-electron chi connectivity index (χ1n) is 16.6. The molecule has 0 amide bonds. The molecule has 0 N–H and O–H groups in total. The zero-order chi connectivity index (χ0) is 34.4. The lowest BCUT2D eigenvalue weighted by Gasteiger charge is -2.21. The number of unbranched alkanes of at least 4 members (excludes halogenated alkanes) is 8. The highest BCUT2D eigenvalue weighted by Crippen LogP contribution is 2.31. The van der Waals surface area contributed by atoms with Crippen LogP contribution in [0.3, 0.4) is 0 Å². The van der Waals surface area contributed by atoms with Gasteiger partial charge in [0.1, 0.15) is 11.6 Å². The van der Waals surface area contributed by atoms with Crippen molar-refractivity contribution in [1.29, 1.82) is 0 Å². The third kappa shape index (κ3) is 11.8. The summed E-state index contributed by atoms with van der Waals surface area (Å²) in [6, 6.07) is 14.6. The van der Waals surface area contributed by atoms with Crippen molar-refractivity contribution in [2.75, 3.05) is 0 Å². The van der Waals surface area contributed by atoms with Gasteiger partial charge in [0.25, 0.3) is 0 Å². The molecule has 3 rings (SSSR count). The lowest BCUT2D eigenvalue weighted by molar-refractivity contribution is -0.206. The van der Waals surface area contributed by atoms with E-state index in [9.17, 15) is 31.5 Å². The average molecular weight is 661 g/mol. The Morgan fingerprint density at radius 2 is 1.00 bits per heavy atom. The van der Waals surface area contributed by atoms with Crippen LogP contribution in [0.4, 0.5) is 22.0 Å². The van der Waals surface area contributed by atoms with Gasteiger partial charge in [0.15, 0.2) is 6.10 Å². The van der Waals surface area contributed by atoms with E-state index in [-0.39, 0.29) is 24.5 Å². The number of carbonyl (C=O) groups excluding carboxylic acids is 2. The van der Waals surface area contributed by atoms with Crippen molar-refractivity contribution in [2.24, 2.45) is 0 Å². The third-order valence-electron chi connectivity index (χ3n) is 8.14. The summed E-state index contributed by atoms with van der Waals surface area (Å²) in [5, 5.41) is 0. The molecular formula is C38H45F5O4. The lowest BCUT2D eigenvalue weighted by atomic mass is 9.98. The summed E-state index contributed by atoms with van der Waals surface area (Å²) in [5.74, 6) is -3.79. The molecule has 3 aromatic rings. The largest absolute Gasteiger partial charge is 0.459 e. The molecule has 256 valence electrons. The lowest BCUT2D eigenvalue weighted by Crippen LogP contribution is -2.34. The van der Waals surface area contributed by atoms with Crippen LogP contribution in [0.25, 0.3) is 22.3 Å². The maximum absolute atomic E-state index is 14.9. The number of ether oxygens (including phenoxy) is 2. The standard InChI is InChI=1S/C38H45F5O4/c1-4-6-8-10-12-14-26(3)46-36(44)31-22-20-29(24-33(31)39)27-16-18-28(19-17-27)30-21-23-32(34(40)25-30)37(45)47-35(38(41,42)43)15-13-11-9-7-5-2/h16-26,35H,4-15H2,1-3H3/t26-,35+/m1/s1. The molecule has 0 saturated carbocycles. The van der Waals surface area contributed by atoms with Crippen molar-refractivity contribution in [1.82, 2.24) is 0 Å². The topological polar surface area (TPSA) is 52.6 Å². The minimum Gasteiger partial charge on any atom is -0.459 e. The highest BCUT2D eigenvalue weighted by atomic mass is 19.4. The van der Waals surface area contributed by atoms with E-state index in [1.165, 1.54) is 24.6 Å². The number of rotatable bonds is 18. The van der Waals surface area contributed by atoms with Gasteiger partial charge in [-0.05, 0) is 79.1 Å². The van der Waals surface area contributed by atoms with E-state index in [0.717, 1.165) is 63.5 Å². The monoisotopic (exact) mass is 660 g/mol. The van der Waals surface area contributed by atoms with E-state index in [0.29, 0.717) is 28.7 Å². The Balaban J connectivity index is 1.63. The quantitative estimate of drug-likeness (QED) is 0.0774. The zero-order valence-electron chi connectivity index (χ0n) is 27.4. The highest BCUT2D eigenvalue weighted by Gasteiger charge is 2.42. The summed E-state index contributed by atoms with van der Waals surface area (Å²) in [6.07, 6.45) is 1.94. The first-order chi connectivity index (χ1) is 22.4. The smallest absolute Gasteiger partial charge is 0.425 e. The summed E-state index contributed by atoms with van der Waals surface area (Å²) >= 11 is 0. The summed E-state index contributed by atoms with van der Waals surface area (Å²) in [5.41, 5.74) is 1.38. The van der Waals surface area contributed by atoms with Crippen molar-refractivity contribution >= 4 is 11.9 Å². The molecule has 3 aromatic carbocycles. The third-order valence-corrected chi connectivity index (χ3v) is 8.14. The maximum atomic E-state index is 14.9. The molecule has 9 heteroatoms. The SMILES string of the molecule is CCCCCCC[C@@H](C)OC(=O)c1ccc(-c2ccc(-c3ccc(C(=O)O[C@@H](CCCCCCC)C(F)(F)F)c(F)c3)cc2)cc1F. The number of hydrogen-bond donors (Lipinski definition) is 0. The Labute approximate surface area is 274 Å². The molecule has 0 heterocycles. The minimum absolute atomic E-state index is 0.147. The van der Waals surface area contributed by atoms with Crippen LogP contribution in [0.1, 0.15) is 119 Å². The van der Waals surface area contributed by atoms with Gasteiger partial charge in [0.2, 0.25) is 0 Å². The van der Waals surface area contributed by atoms with Crippen LogP contribution in [-0.2, 0) is 9.47 Å². The van der Waals surface area contributed by atoms with Crippen LogP contribution in [0.15, 0.2) is 60.7 Å². The summed E-state index contributed by atoms with van der Waals surface area (Å²) < 4.78 is 80.5. The first-order valence-corrected chi connectivity index (χ1v) is 16.6. The van der Waals surface area contributed by atoms with Crippen molar-refractivity contribution in [3.63, 3.8) is 0 Å². The van der Waals surface area contributed by atoms with E-state index in [1.54, 1.807) is 37.3 Å². The van der Waals surface area contributed by atoms with E-state index < -0.39 is 41.4 Å². The second kappa shape index (κ2) is 18.6. The number of alkyl halides is 3. The molecule has 47 heavy (non-hydrogen) atoms. The number of esters is 2. The minimum atomic E-state index is -4.75. The van der Waals surface area contributed by atoms with Crippen molar-refractivity contribution < 1.29 is 41.0 Å². The van der Waals surface area contributed by atoms with Crippen LogP contribution in [-0.4, -0.2) is 30.3 Å². The fraction of sp³-hybridized carbons (Fsp3) is 0.474. The second-order valence-corrected chi connectivity index (χ2v) is 12.0. The predicted molar refractivity (Wildman–Crippen MR) is 174 cm³/mol. The van der Waals surface area contributed by atoms with Crippen LogP contribution in [0.2, 0.25) is 0 Å². The number of hydrogen-bond acceptors (Lipinski definition) is 4. The van der Waals surface area contributed by atoms with E-state index in [2.05, 4.69) is 6.92 Å². The highest BCUT2D eigenvalue weighted by molar-refractivity contribution is 5.91. The van der Waals surface area contributed by atoms with Gasteiger partial charge in [-0.1, -0.05) is 102 Å². The molecule has 0 saturated heterocycles. The second-order valence-electron chi connectivity index (χ2n) is 12.0. The molecule has 0 aliphatic heterocycles. The summed E-state index contributed by atoms with van der Waals surface area (Å²) in [6.45, 7) is 5.94. The van der Waals surface area contributed by atoms with Crippen molar-refractivity contribution in [3.8, 4) is 22.3 Å². The molecule has 0 spiro atoms. The Kier molecular flexibility index (Phi) is 14.9. The van der Waals surface area contributed by atoms with E-state index >= 15 is 0 Å². The molecule has 0 aliphatic carbocycles. The predicted octanol–water partition coefficient (Wildman–Crippen LogP) is 11.7. The fourth-order valence-electron chi connectivity index (χ4n) is 5.33. The average Bonchev–Trinajstić information content (AvgIpc) is 3.03. The van der Waals surface area contributed by atoms with E-state index in [4.69, 9.17) is 9.47 Å². The molecular weight excluding hydrogens is 615 g/mol. The van der Waals surface area contributed by atoms with Crippen LogP contribution in [0, 0.1) is 11.6 Å². The number of carbonyl (C=O) groups is 2. The van der Waals surface area contributed by atoms with Gasteiger partial charge in [-0.25, -0.2) is 18.4 Å². The maximum Gasteiger partial charge on any atom is 0.425 e. The molecule has 0 fully saturated rings. The van der Waals surface area contributed by atoms with Crippen LogP contribution < -0.4 is 0 Å². The van der Waals surface area contributed by atoms with Crippen molar-refractivity contribution in [3.05, 3.63) is 83.4 Å². The Hall–Kier alpha value is -3.75.